The summed E-state index contributed by atoms with van der Waals surface area (Å²) in [6.07, 6.45) is 0. The summed E-state index contributed by atoms with van der Waals surface area (Å²) in [4.78, 5) is 24.5. The lowest BCUT2D eigenvalue weighted by Crippen LogP contribution is -2.25. The minimum Gasteiger partial charge on any atom is -0.496 e. The summed E-state index contributed by atoms with van der Waals surface area (Å²) in [6, 6.07) is 29.1. The zero-order valence-electron chi connectivity index (χ0n) is 21.3. The molecule has 182 valence electrons. The van der Waals surface area contributed by atoms with Gasteiger partial charge in [-0.2, -0.15) is 0 Å². The molecule has 36 heavy (non-hydrogen) atoms. The smallest absolute Gasteiger partial charge is 0.343 e. The quantitative estimate of drug-likeness (QED) is 0.123. The molecule has 0 amide bonds. The van der Waals surface area contributed by atoms with Gasteiger partial charge in [-0.05, 0) is 79.8 Å². The SMILES string of the molecule is COc1ccc(C(C)(c2ccccc2)c2ccc(OC(=O)c3cccc(C(C)=O)c3)c(C)c2)cc1C. The van der Waals surface area contributed by atoms with E-state index >= 15 is 0 Å². The first-order valence-electron chi connectivity index (χ1n) is 11.9. The first kappa shape index (κ1) is 24.9. The Bertz CT molecular complexity index is 1420. The number of methoxy groups -OCH3 is 1. The van der Waals surface area contributed by atoms with Crippen LogP contribution in [0.15, 0.2) is 91.0 Å². The predicted molar refractivity (Wildman–Crippen MR) is 142 cm³/mol. The van der Waals surface area contributed by atoms with Crippen molar-refractivity contribution in [2.75, 3.05) is 7.11 Å². The van der Waals surface area contributed by atoms with Crippen molar-refractivity contribution >= 4 is 11.8 Å². The molecule has 0 fully saturated rings. The van der Waals surface area contributed by atoms with Crippen LogP contribution in [0.4, 0.5) is 0 Å². The molecule has 0 aliphatic heterocycles. The Morgan fingerprint density at radius 1 is 0.667 bits per heavy atom. The minimum absolute atomic E-state index is 0.0980. The third-order valence-electron chi connectivity index (χ3n) is 6.78. The third-order valence-corrected chi connectivity index (χ3v) is 6.78. The van der Waals surface area contributed by atoms with Crippen molar-refractivity contribution in [3.63, 3.8) is 0 Å². The van der Waals surface area contributed by atoms with Crippen LogP contribution < -0.4 is 9.47 Å². The van der Waals surface area contributed by atoms with Gasteiger partial charge in [-0.25, -0.2) is 4.79 Å². The highest BCUT2D eigenvalue weighted by Gasteiger charge is 2.32. The molecule has 4 nitrogen and oxygen atoms in total. The molecule has 0 heterocycles. The zero-order chi connectivity index (χ0) is 25.9. The molecule has 0 bridgehead atoms. The molecule has 0 saturated heterocycles. The van der Waals surface area contributed by atoms with E-state index in [-0.39, 0.29) is 5.78 Å². The van der Waals surface area contributed by atoms with E-state index in [0.717, 1.165) is 33.6 Å². The monoisotopic (exact) mass is 478 g/mol. The van der Waals surface area contributed by atoms with E-state index in [2.05, 4.69) is 37.3 Å². The fourth-order valence-corrected chi connectivity index (χ4v) is 4.56. The summed E-state index contributed by atoms with van der Waals surface area (Å²) in [5.41, 5.74) is 5.65. The van der Waals surface area contributed by atoms with Gasteiger partial charge in [0.1, 0.15) is 11.5 Å². The largest absolute Gasteiger partial charge is 0.496 e. The molecule has 0 saturated carbocycles. The Hall–Kier alpha value is -4.18. The van der Waals surface area contributed by atoms with Crippen molar-refractivity contribution < 1.29 is 19.1 Å². The summed E-state index contributed by atoms with van der Waals surface area (Å²) in [5.74, 6) is 0.740. The first-order valence-corrected chi connectivity index (χ1v) is 11.9. The van der Waals surface area contributed by atoms with Crippen LogP contribution in [0.3, 0.4) is 0 Å². The summed E-state index contributed by atoms with van der Waals surface area (Å²) in [6.45, 7) is 7.66. The van der Waals surface area contributed by atoms with Gasteiger partial charge >= 0.3 is 5.97 Å². The van der Waals surface area contributed by atoms with Crippen molar-refractivity contribution in [3.05, 3.63) is 130 Å². The Morgan fingerprint density at radius 3 is 1.81 bits per heavy atom. The van der Waals surface area contributed by atoms with Crippen molar-refractivity contribution in [2.45, 2.75) is 33.1 Å². The topological polar surface area (TPSA) is 52.6 Å². The highest BCUT2D eigenvalue weighted by atomic mass is 16.5. The molecule has 0 radical (unpaired) electrons. The Morgan fingerprint density at radius 2 is 1.25 bits per heavy atom. The highest BCUT2D eigenvalue weighted by Crippen LogP contribution is 2.41. The molecule has 0 aliphatic rings. The number of Topliss-reactive ketones (excluding diaryl/α,β-unsaturated/α-hetero) is 1. The third kappa shape index (κ3) is 4.80. The molecule has 4 heteroatoms. The molecule has 4 rings (SSSR count). The van der Waals surface area contributed by atoms with Crippen LogP contribution in [0.25, 0.3) is 0 Å². The summed E-state index contributed by atoms with van der Waals surface area (Å²) in [5, 5.41) is 0. The van der Waals surface area contributed by atoms with Gasteiger partial charge in [0, 0.05) is 11.0 Å². The molecular formula is C32H30O4. The van der Waals surface area contributed by atoms with E-state index in [1.54, 1.807) is 31.4 Å². The lowest BCUT2D eigenvalue weighted by atomic mass is 9.70. The predicted octanol–water partition coefficient (Wildman–Crippen LogP) is 7.09. The van der Waals surface area contributed by atoms with Crippen molar-refractivity contribution in [3.8, 4) is 11.5 Å². The molecule has 0 N–H and O–H groups in total. The maximum Gasteiger partial charge on any atom is 0.343 e. The lowest BCUT2D eigenvalue weighted by molar-refractivity contribution is 0.0733. The number of rotatable bonds is 7. The number of aryl methyl sites for hydroxylation is 2. The maximum atomic E-state index is 12.8. The van der Waals surface area contributed by atoms with Crippen LogP contribution in [0.5, 0.6) is 11.5 Å². The van der Waals surface area contributed by atoms with Crippen LogP contribution in [0, 0.1) is 13.8 Å². The van der Waals surface area contributed by atoms with Crippen molar-refractivity contribution in [1.82, 2.24) is 0 Å². The van der Waals surface area contributed by atoms with Gasteiger partial charge < -0.3 is 9.47 Å². The average Bonchev–Trinajstić information content (AvgIpc) is 2.89. The van der Waals surface area contributed by atoms with Gasteiger partial charge in [0.05, 0.1) is 12.7 Å². The van der Waals surface area contributed by atoms with E-state index in [1.165, 1.54) is 6.92 Å². The second-order valence-corrected chi connectivity index (χ2v) is 9.18. The minimum atomic E-state index is -0.495. The van der Waals surface area contributed by atoms with E-state index in [4.69, 9.17) is 9.47 Å². The van der Waals surface area contributed by atoms with Gasteiger partial charge in [-0.1, -0.05) is 66.7 Å². The normalized spacial score (nSPS) is 12.5. The molecule has 0 aliphatic carbocycles. The highest BCUT2D eigenvalue weighted by molar-refractivity contribution is 5.98. The molecular weight excluding hydrogens is 448 g/mol. The average molecular weight is 479 g/mol. The van der Waals surface area contributed by atoms with Crippen LogP contribution in [0.2, 0.25) is 0 Å². The van der Waals surface area contributed by atoms with Crippen molar-refractivity contribution in [1.29, 1.82) is 0 Å². The van der Waals surface area contributed by atoms with E-state index in [9.17, 15) is 9.59 Å². The van der Waals surface area contributed by atoms with E-state index in [1.807, 2.05) is 50.2 Å². The number of hydrogen-bond donors (Lipinski definition) is 0. The molecule has 1 unspecified atom stereocenters. The van der Waals surface area contributed by atoms with E-state index < -0.39 is 11.4 Å². The van der Waals surface area contributed by atoms with Gasteiger partial charge in [0.15, 0.2) is 5.78 Å². The fourth-order valence-electron chi connectivity index (χ4n) is 4.56. The Labute approximate surface area is 212 Å². The maximum absolute atomic E-state index is 12.8. The molecule has 0 spiro atoms. The van der Waals surface area contributed by atoms with Gasteiger partial charge in [-0.3, -0.25) is 4.79 Å². The summed E-state index contributed by atoms with van der Waals surface area (Å²) < 4.78 is 11.2. The second-order valence-electron chi connectivity index (χ2n) is 9.18. The van der Waals surface area contributed by atoms with Crippen LogP contribution in [0.1, 0.15) is 62.4 Å². The standard InChI is InChI=1S/C32H30O4/c1-21-18-27(14-16-29(21)35-5)32(4,26-12-7-6-8-13-26)28-15-17-30(22(2)19-28)36-31(34)25-11-9-10-24(20-25)23(3)33/h6-20H,1-5H3. The Kier molecular flexibility index (Phi) is 7.07. The molecule has 4 aromatic rings. The van der Waals surface area contributed by atoms with Crippen LogP contribution >= 0.6 is 0 Å². The van der Waals surface area contributed by atoms with Gasteiger partial charge in [0.25, 0.3) is 0 Å². The fraction of sp³-hybridized carbons (Fsp3) is 0.188. The number of carbonyl (C=O) groups excluding carboxylic acids is 2. The molecule has 0 aromatic heterocycles. The van der Waals surface area contributed by atoms with Gasteiger partial charge in [-0.15, -0.1) is 0 Å². The van der Waals surface area contributed by atoms with Gasteiger partial charge in [0.2, 0.25) is 0 Å². The van der Waals surface area contributed by atoms with Crippen molar-refractivity contribution in [2.24, 2.45) is 0 Å². The lowest BCUT2D eigenvalue weighted by Gasteiger charge is -2.33. The first-order chi connectivity index (χ1) is 17.2. The zero-order valence-corrected chi connectivity index (χ0v) is 21.3. The number of ether oxygens (including phenoxy) is 2. The number of ketones is 1. The number of esters is 1. The number of benzene rings is 4. The second kappa shape index (κ2) is 10.2. The van der Waals surface area contributed by atoms with Crippen LogP contribution in [-0.4, -0.2) is 18.9 Å². The van der Waals surface area contributed by atoms with Crippen LogP contribution in [-0.2, 0) is 5.41 Å². The Balaban J connectivity index is 1.73. The number of hydrogen-bond acceptors (Lipinski definition) is 4. The molecule has 4 aromatic carbocycles. The molecule has 1 atom stereocenters. The summed E-state index contributed by atoms with van der Waals surface area (Å²) >= 11 is 0. The summed E-state index contributed by atoms with van der Waals surface area (Å²) in [7, 11) is 1.68. The number of carbonyl (C=O) groups is 2. The van der Waals surface area contributed by atoms with E-state index in [0.29, 0.717) is 16.9 Å².